The number of nitrogens with one attached hydrogen (secondary N) is 4. The van der Waals surface area contributed by atoms with Crippen LogP contribution in [-0.4, -0.2) is 29.4 Å². The van der Waals surface area contributed by atoms with E-state index in [1.165, 1.54) is 12.1 Å². The lowest BCUT2D eigenvalue weighted by Gasteiger charge is -2.17. The molecular weight excluding hydrogens is 444 g/mol. The summed E-state index contributed by atoms with van der Waals surface area (Å²) >= 11 is 0. The third-order valence-corrected chi connectivity index (χ3v) is 5.05. The van der Waals surface area contributed by atoms with Crippen molar-refractivity contribution in [3.05, 3.63) is 59.4 Å². The zero-order chi connectivity index (χ0) is 24.2. The van der Waals surface area contributed by atoms with Gasteiger partial charge in [-0.2, -0.15) is 13.2 Å². The first kappa shape index (κ1) is 23.9. The predicted molar refractivity (Wildman–Crippen MR) is 111 cm³/mol. The van der Waals surface area contributed by atoms with Crippen LogP contribution in [0.5, 0.6) is 0 Å². The summed E-state index contributed by atoms with van der Waals surface area (Å²) in [5.41, 5.74) is -1.60. The second-order valence-corrected chi connectivity index (χ2v) is 7.56. The maximum absolute atomic E-state index is 13.2. The molecule has 0 aliphatic heterocycles. The van der Waals surface area contributed by atoms with E-state index < -0.39 is 40.7 Å². The number of ketones is 1. The molecule has 0 unspecified atom stereocenters. The molecule has 0 saturated heterocycles. The highest BCUT2D eigenvalue weighted by atomic mass is 19.4. The van der Waals surface area contributed by atoms with Crippen LogP contribution in [0.25, 0.3) is 0 Å². The zero-order valence-electron chi connectivity index (χ0n) is 17.2. The minimum atomic E-state index is -4.73. The molecule has 33 heavy (non-hydrogen) atoms. The number of Topliss-reactive ketones (excluding diaryl/α,β-unsaturated/α-hetero) is 1. The van der Waals surface area contributed by atoms with Crippen LogP contribution in [0.1, 0.15) is 30.4 Å². The van der Waals surface area contributed by atoms with Crippen LogP contribution in [0.2, 0.25) is 0 Å². The van der Waals surface area contributed by atoms with Gasteiger partial charge in [0.25, 0.3) is 5.91 Å². The first-order valence-electron chi connectivity index (χ1n) is 9.89. The Labute approximate surface area is 186 Å². The number of hydrogen-bond donors (Lipinski definition) is 4. The van der Waals surface area contributed by atoms with Crippen molar-refractivity contribution in [2.45, 2.75) is 37.5 Å². The summed E-state index contributed by atoms with van der Waals surface area (Å²) in [5.74, 6) is -3.17. The highest BCUT2D eigenvalue weighted by molar-refractivity contribution is 6.39. The van der Waals surface area contributed by atoms with Crippen molar-refractivity contribution in [3.8, 4) is 0 Å². The number of hydrogen-bond acceptors (Lipinski definition) is 5. The van der Waals surface area contributed by atoms with Crippen molar-refractivity contribution < 1.29 is 31.9 Å². The van der Waals surface area contributed by atoms with E-state index >= 15 is 0 Å². The van der Waals surface area contributed by atoms with Gasteiger partial charge in [-0.05, 0) is 48.7 Å². The summed E-state index contributed by atoms with van der Waals surface area (Å²) in [6.45, 7) is 0.0928. The summed E-state index contributed by atoms with van der Waals surface area (Å²) in [6, 6.07) is 8.54. The molecule has 11 heteroatoms. The van der Waals surface area contributed by atoms with Crippen LogP contribution >= 0.6 is 0 Å². The van der Waals surface area contributed by atoms with E-state index in [-0.39, 0.29) is 18.7 Å². The summed E-state index contributed by atoms with van der Waals surface area (Å²) < 4.78 is 52.6. The Kier molecular flexibility index (Phi) is 6.80. The van der Waals surface area contributed by atoms with Crippen molar-refractivity contribution in [2.75, 3.05) is 5.32 Å². The van der Waals surface area contributed by atoms with Crippen LogP contribution in [0.3, 0.4) is 0 Å². The number of carbonyl (C=O) groups is 3. The molecule has 2 amide bonds. The van der Waals surface area contributed by atoms with Gasteiger partial charge >= 0.3 is 6.18 Å². The van der Waals surface area contributed by atoms with E-state index in [4.69, 9.17) is 5.41 Å². The number of carbonyl (C=O) groups excluding carboxylic acids is 3. The van der Waals surface area contributed by atoms with Gasteiger partial charge in [0.15, 0.2) is 0 Å². The van der Waals surface area contributed by atoms with Crippen molar-refractivity contribution in [2.24, 2.45) is 0 Å². The summed E-state index contributed by atoms with van der Waals surface area (Å²) in [4.78, 5) is 35.8. The zero-order valence-corrected chi connectivity index (χ0v) is 17.2. The van der Waals surface area contributed by atoms with Gasteiger partial charge < -0.3 is 21.4 Å². The topological polar surface area (TPSA) is 111 Å². The minimum Gasteiger partial charge on any atom is -0.355 e. The molecule has 0 radical (unpaired) electrons. The number of rotatable bonds is 9. The van der Waals surface area contributed by atoms with Gasteiger partial charge in [-0.3, -0.25) is 14.4 Å². The van der Waals surface area contributed by atoms with E-state index in [9.17, 15) is 31.9 Å². The number of benzene rings is 2. The maximum atomic E-state index is 13.2. The van der Waals surface area contributed by atoms with Crippen LogP contribution in [-0.2, 0) is 27.1 Å². The quantitative estimate of drug-likeness (QED) is 0.259. The van der Waals surface area contributed by atoms with Crippen LogP contribution in [0.4, 0.5) is 28.9 Å². The monoisotopic (exact) mass is 464 g/mol. The van der Waals surface area contributed by atoms with Gasteiger partial charge in [-0.15, -0.1) is 0 Å². The summed E-state index contributed by atoms with van der Waals surface area (Å²) in [7, 11) is 0. The molecule has 174 valence electrons. The molecule has 0 spiro atoms. The van der Waals surface area contributed by atoms with Crippen LogP contribution < -0.4 is 16.0 Å². The maximum Gasteiger partial charge on any atom is 0.418 e. The Morgan fingerprint density at radius 1 is 1.06 bits per heavy atom. The average Bonchev–Trinajstić information content (AvgIpc) is 3.54. The first-order chi connectivity index (χ1) is 15.5. The second-order valence-electron chi connectivity index (χ2n) is 7.56. The van der Waals surface area contributed by atoms with Crippen molar-refractivity contribution in [1.29, 1.82) is 5.41 Å². The smallest absolute Gasteiger partial charge is 0.355 e. The molecule has 7 nitrogen and oxygen atoms in total. The van der Waals surface area contributed by atoms with Gasteiger partial charge in [0.05, 0.1) is 17.7 Å². The molecule has 0 aromatic heterocycles. The van der Waals surface area contributed by atoms with Crippen LogP contribution in [0, 0.1) is 11.2 Å². The molecule has 1 saturated carbocycles. The molecule has 0 atom stereocenters. The molecule has 4 N–H and O–H groups in total. The van der Waals surface area contributed by atoms with E-state index in [0.29, 0.717) is 30.2 Å². The fourth-order valence-corrected chi connectivity index (χ4v) is 3.08. The molecule has 1 fully saturated rings. The highest BCUT2D eigenvalue weighted by Gasteiger charge is 2.51. The lowest BCUT2D eigenvalue weighted by molar-refractivity contribution is -0.139. The standard InChI is InChI=1S/C22H20F4N4O3/c23-14-3-6-17(16(11-14)22(24,25)26)29-15-4-1-13(2-5-15)12-28-20(33)21(8-9-21)30-19(32)18(31)7-10-27/h1-6,10-11,27,29H,7-9,12H2,(H,28,33)(H,30,32). The molecule has 0 heterocycles. The normalized spacial score (nSPS) is 14.2. The average molecular weight is 464 g/mol. The lowest BCUT2D eigenvalue weighted by atomic mass is 10.1. The van der Waals surface area contributed by atoms with Crippen LogP contribution in [0.15, 0.2) is 42.5 Å². The number of anilines is 2. The molecular formula is C22H20F4N4O3. The van der Waals surface area contributed by atoms with E-state index in [1.807, 2.05) is 0 Å². The van der Waals surface area contributed by atoms with E-state index in [1.54, 1.807) is 12.1 Å². The predicted octanol–water partition coefficient (Wildman–Crippen LogP) is 3.46. The Morgan fingerprint density at radius 2 is 1.73 bits per heavy atom. The lowest BCUT2D eigenvalue weighted by Crippen LogP contribution is -2.50. The third kappa shape index (κ3) is 5.93. The van der Waals surface area contributed by atoms with Gasteiger partial charge in [0, 0.05) is 18.4 Å². The fraction of sp³-hybridized carbons (Fsp3) is 0.273. The first-order valence-corrected chi connectivity index (χ1v) is 9.89. The Hall–Kier alpha value is -3.76. The summed E-state index contributed by atoms with van der Waals surface area (Å²) in [6.07, 6.45) is -3.51. The number of amides is 2. The van der Waals surface area contributed by atoms with Crippen molar-refractivity contribution in [3.63, 3.8) is 0 Å². The SMILES string of the molecule is N=CCC(=O)C(=O)NC1(C(=O)NCc2ccc(Nc3ccc(F)cc3C(F)(F)F)cc2)CC1. The number of halogens is 4. The molecule has 1 aliphatic carbocycles. The van der Waals surface area contributed by atoms with Gasteiger partial charge in [0.2, 0.25) is 11.7 Å². The molecule has 0 bridgehead atoms. The Balaban J connectivity index is 1.59. The fourth-order valence-electron chi connectivity index (χ4n) is 3.08. The van der Waals surface area contributed by atoms with E-state index in [2.05, 4.69) is 16.0 Å². The number of alkyl halides is 3. The van der Waals surface area contributed by atoms with Gasteiger partial charge in [0.1, 0.15) is 11.4 Å². The summed E-state index contributed by atoms with van der Waals surface area (Å²) in [5, 5.41) is 14.5. The van der Waals surface area contributed by atoms with Crippen molar-refractivity contribution >= 4 is 35.2 Å². The third-order valence-electron chi connectivity index (χ3n) is 5.05. The largest absolute Gasteiger partial charge is 0.418 e. The van der Waals surface area contributed by atoms with Crippen molar-refractivity contribution in [1.82, 2.24) is 10.6 Å². The minimum absolute atomic E-state index is 0.0928. The molecule has 3 rings (SSSR count). The van der Waals surface area contributed by atoms with E-state index in [0.717, 1.165) is 18.3 Å². The Bertz CT molecular complexity index is 1080. The second kappa shape index (κ2) is 9.39. The highest BCUT2D eigenvalue weighted by Crippen LogP contribution is 2.37. The Morgan fingerprint density at radius 3 is 2.30 bits per heavy atom. The molecule has 1 aliphatic rings. The van der Waals surface area contributed by atoms with Gasteiger partial charge in [-0.25, -0.2) is 4.39 Å². The molecule has 2 aromatic carbocycles. The van der Waals surface area contributed by atoms with Gasteiger partial charge in [-0.1, -0.05) is 12.1 Å². The molecule has 2 aromatic rings.